The number of benzene rings is 1. The van der Waals surface area contributed by atoms with Crippen LogP contribution in [0.15, 0.2) is 24.3 Å². The third-order valence-electron chi connectivity index (χ3n) is 3.41. The second-order valence-corrected chi connectivity index (χ2v) is 4.80. The Kier molecular flexibility index (Phi) is 5.41. The lowest BCUT2D eigenvalue weighted by Crippen LogP contribution is -2.41. The van der Waals surface area contributed by atoms with Crippen molar-refractivity contribution in [3.05, 3.63) is 35.4 Å². The molecule has 0 amide bonds. The molecule has 1 aliphatic rings. The van der Waals surface area contributed by atoms with E-state index in [-0.39, 0.29) is 0 Å². The summed E-state index contributed by atoms with van der Waals surface area (Å²) in [7, 11) is 0. The van der Waals surface area contributed by atoms with E-state index >= 15 is 0 Å². The highest BCUT2D eigenvalue weighted by Gasteiger charge is 2.19. The van der Waals surface area contributed by atoms with Gasteiger partial charge in [0, 0.05) is 25.2 Å². The fraction of sp³-hybridized carbons (Fsp3) is 0.500. The minimum atomic E-state index is 0.371. The first-order valence-electron chi connectivity index (χ1n) is 6.94. The Morgan fingerprint density at radius 3 is 3.05 bits per heavy atom. The molecule has 1 saturated heterocycles. The number of ether oxygens (including phenoxy) is 1. The van der Waals surface area contributed by atoms with Crippen molar-refractivity contribution in [2.75, 3.05) is 26.2 Å². The van der Waals surface area contributed by atoms with Crippen molar-refractivity contribution in [1.29, 1.82) is 0 Å². The summed E-state index contributed by atoms with van der Waals surface area (Å²) in [5.41, 5.74) is 7.81. The van der Waals surface area contributed by atoms with E-state index in [1.54, 1.807) is 0 Å². The molecule has 0 aliphatic carbocycles. The van der Waals surface area contributed by atoms with Crippen molar-refractivity contribution in [3.63, 3.8) is 0 Å². The lowest BCUT2D eigenvalue weighted by molar-refractivity contribution is -0.0324. The van der Waals surface area contributed by atoms with E-state index in [1.807, 2.05) is 6.07 Å². The molecular weight excluding hydrogens is 236 g/mol. The molecule has 3 nitrogen and oxygen atoms in total. The van der Waals surface area contributed by atoms with Crippen molar-refractivity contribution in [3.8, 4) is 11.8 Å². The zero-order valence-electron chi connectivity index (χ0n) is 11.6. The molecule has 0 bridgehead atoms. The van der Waals surface area contributed by atoms with Crippen molar-refractivity contribution < 1.29 is 4.74 Å². The number of morpholine rings is 1. The van der Waals surface area contributed by atoms with E-state index in [9.17, 15) is 0 Å². The molecule has 1 heterocycles. The minimum absolute atomic E-state index is 0.371. The number of rotatable bonds is 3. The van der Waals surface area contributed by atoms with Crippen LogP contribution in [0, 0.1) is 11.8 Å². The molecule has 1 aromatic rings. The SMILES string of the molecule is CCC1CN(Cc2ccccc2C#CCN)CCO1. The van der Waals surface area contributed by atoms with Crippen LogP contribution in [0.1, 0.15) is 24.5 Å². The largest absolute Gasteiger partial charge is 0.376 e. The standard InChI is InChI=1S/C16H22N2O/c1-2-16-13-18(10-11-19-16)12-15-7-4-3-6-14(15)8-5-9-17/h3-4,6-7,16H,2,9-13,17H2,1H3. The van der Waals surface area contributed by atoms with Crippen molar-refractivity contribution in [2.24, 2.45) is 5.73 Å². The van der Waals surface area contributed by atoms with Crippen LogP contribution in [-0.2, 0) is 11.3 Å². The van der Waals surface area contributed by atoms with E-state index in [1.165, 1.54) is 5.56 Å². The van der Waals surface area contributed by atoms with Gasteiger partial charge in [-0.1, -0.05) is 37.0 Å². The highest BCUT2D eigenvalue weighted by atomic mass is 16.5. The van der Waals surface area contributed by atoms with Gasteiger partial charge >= 0.3 is 0 Å². The van der Waals surface area contributed by atoms with Gasteiger partial charge in [0.25, 0.3) is 0 Å². The molecule has 1 aromatic carbocycles. The fourth-order valence-electron chi connectivity index (χ4n) is 2.34. The molecule has 19 heavy (non-hydrogen) atoms. The summed E-state index contributed by atoms with van der Waals surface area (Å²) >= 11 is 0. The smallest absolute Gasteiger partial charge is 0.0700 e. The van der Waals surface area contributed by atoms with Crippen molar-refractivity contribution in [1.82, 2.24) is 4.90 Å². The zero-order chi connectivity index (χ0) is 13.5. The van der Waals surface area contributed by atoms with Gasteiger partial charge in [-0.3, -0.25) is 4.90 Å². The van der Waals surface area contributed by atoms with Gasteiger partial charge in [-0.05, 0) is 18.1 Å². The molecule has 1 atom stereocenters. The first-order chi connectivity index (χ1) is 9.33. The Morgan fingerprint density at radius 1 is 1.42 bits per heavy atom. The number of hydrogen-bond donors (Lipinski definition) is 1. The predicted octanol–water partition coefficient (Wildman–Crippen LogP) is 1.61. The molecule has 3 heteroatoms. The maximum absolute atomic E-state index is 5.70. The van der Waals surface area contributed by atoms with Crippen molar-refractivity contribution >= 4 is 0 Å². The average molecular weight is 258 g/mol. The highest BCUT2D eigenvalue weighted by Crippen LogP contribution is 2.15. The molecule has 2 N–H and O–H groups in total. The lowest BCUT2D eigenvalue weighted by Gasteiger charge is -2.32. The number of nitrogens with two attached hydrogens (primary N) is 1. The van der Waals surface area contributed by atoms with Gasteiger partial charge in [-0.2, -0.15) is 0 Å². The second kappa shape index (κ2) is 7.30. The minimum Gasteiger partial charge on any atom is -0.376 e. The summed E-state index contributed by atoms with van der Waals surface area (Å²) < 4.78 is 5.70. The van der Waals surface area contributed by atoms with Crippen molar-refractivity contribution in [2.45, 2.75) is 26.0 Å². The van der Waals surface area contributed by atoms with Crippen LogP contribution >= 0.6 is 0 Å². The summed E-state index contributed by atoms with van der Waals surface area (Å²) in [4.78, 5) is 2.45. The predicted molar refractivity (Wildman–Crippen MR) is 77.7 cm³/mol. The third-order valence-corrected chi connectivity index (χ3v) is 3.41. The maximum Gasteiger partial charge on any atom is 0.0700 e. The topological polar surface area (TPSA) is 38.5 Å². The molecular formula is C16H22N2O. The van der Waals surface area contributed by atoms with Crippen LogP contribution in [0.25, 0.3) is 0 Å². The molecule has 102 valence electrons. The van der Waals surface area contributed by atoms with Gasteiger partial charge in [0.2, 0.25) is 0 Å². The molecule has 2 rings (SSSR count). The van der Waals surface area contributed by atoms with Gasteiger partial charge < -0.3 is 10.5 Å². The Balaban J connectivity index is 2.06. The van der Waals surface area contributed by atoms with Gasteiger partial charge in [0.05, 0.1) is 19.3 Å². The molecule has 1 aliphatic heterocycles. The van der Waals surface area contributed by atoms with Gasteiger partial charge in [0.1, 0.15) is 0 Å². The molecule has 1 fully saturated rings. The van der Waals surface area contributed by atoms with Crippen LogP contribution < -0.4 is 5.73 Å². The Hall–Kier alpha value is -1.34. The summed E-state index contributed by atoms with van der Waals surface area (Å²) in [6.45, 7) is 6.35. The average Bonchev–Trinajstić information content (AvgIpc) is 2.46. The number of hydrogen-bond acceptors (Lipinski definition) is 3. The molecule has 1 unspecified atom stereocenters. The van der Waals surface area contributed by atoms with Crippen LogP contribution in [0.3, 0.4) is 0 Å². The van der Waals surface area contributed by atoms with Gasteiger partial charge in [0.15, 0.2) is 0 Å². The normalized spacial score (nSPS) is 19.8. The molecule has 0 radical (unpaired) electrons. The Bertz CT molecular complexity index is 461. The van der Waals surface area contributed by atoms with Crippen LogP contribution in [-0.4, -0.2) is 37.2 Å². The third kappa shape index (κ3) is 4.07. The quantitative estimate of drug-likeness (QED) is 0.837. The van der Waals surface area contributed by atoms with E-state index in [0.29, 0.717) is 12.6 Å². The van der Waals surface area contributed by atoms with Crippen LogP contribution in [0.4, 0.5) is 0 Å². The maximum atomic E-state index is 5.70. The van der Waals surface area contributed by atoms with Crippen LogP contribution in [0.2, 0.25) is 0 Å². The van der Waals surface area contributed by atoms with Gasteiger partial charge in [-0.25, -0.2) is 0 Å². The van der Waals surface area contributed by atoms with E-state index in [2.05, 4.69) is 41.9 Å². The summed E-state index contributed by atoms with van der Waals surface area (Å²) in [6, 6.07) is 8.31. The van der Waals surface area contributed by atoms with E-state index < -0.39 is 0 Å². The second-order valence-electron chi connectivity index (χ2n) is 4.80. The molecule has 0 spiro atoms. The monoisotopic (exact) mass is 258 g/mol. The van der Waals surface area contributed by atoms with Gasteiger partial charge in [-0.15, -0.1) is 0 Å². The number of nitrogens with zero attached hydrogens (tertiary/aromatic N) is 1. The molecule has 0 aromatic heterocycles. The van der Waals surface area contributed by atoms with Crippen LogP contribution in [0.5, 0.6) is 0 Å². The lowest BCUT2D eigenvalue weighted by atomic mass is 10.1. The van der Waals surface area contributed by atoms with E-state index in [4.69, 9.17) is 10.5 Å². The Labute approximate surface area is 115 Å². The fourth-order valence-corrected chi connectivity index (χ4v) is 2.34. The summed E-state index contributed by atoms with van der Waals surface area (Å²) in [6.07, 6.45) is 1.45. The first kappa shape index (κ1) is 14.1. The summed E-state index contributed by atoms with van der Waals surface area (Å²) in [5.74, 6) is 6.09. The Morgan fingerprint density at radius 2 is 2.26 bits per heavy atom. The first-order valence-corrected chi connectivity index (χ1v) is 6.94. The van der Waals surface area contributed by atoms with E-state index in [0.717, 1.165) is 38.2 Å². The molecule has 0 saturated carbocycles. The zero-order valence-corrected chi connectivity index (χ0v) is 11.6. The summed E-state index contributed by atoms with van der Waals surface area (Å²) in [5, 5.41) is 0. The highest BCUT2D eigenvalue weighted by molar-refractivity contribution is 5.41.